The van der Waals surface area contributed by atoms with Crippen LogP contribution in [0.3, 0.4) is 0 Å². The van der Waals surface area contributed by atoms with E-state index in [4.69, 9.17) is 0 Å². The molecular formula is C20H22N4O3. The molecule has 0 atom stereocenters. The Morgan fingerprint density at radius 1 is 1.11 bits per heavy atom. The summed E-state index contributed by atoms with van der Waals surface area (Å²) in [5, 5.41) is 7.32. The number of hydrogen-bond donors (Lipinski definition) is 1. The highest BCUT2D eigenvalue weighted by Gasteiger charge is 2.34. The summed E-state index contributed by atoms with van der Waals surface area (Å²) in [6, 6.07) is 6.59. The molecule has 0 saturated heterocycles. The molecule has 1 aliphatic carbocycles. The van der Waals surface area contributed by atoms with Crippen molar-refractivity contribution >= 4 is 23.4 Å². The molecule has 140 valence electrons. The highest BCUT2D eigenvalue weighted by Crippen LogP contribution is 2.41. The van der Waals surface area contributed by atoms with Crippen LogP contribution in [0.25, 0.3) is 0 Å². The summed E-state index contributed by atoms with van der Waals surface area (Å²) < 4.78 is 1.93. The Labute approximate surface area is 157 Å². The van der Waals surface area contributed by atoms with E-state index in [1.807, 2.05) is 10.7 Å². The van der Waals surface area contributed by atoms with Crippen LogP contribution in [0, 0.1) is 0 Å². The normalized spacial score (nSPS) is 16.7. The minimum atomic E-state index is -0.362. The van der Waals surface area contributed by atoms with Crippen molar-refractivity contribution in [1.29, 1.82) is 0 Å². The number of benzene rings is 1. The Hall–Kier alpha value is -2.96. The Balaban J connectivity index is 1.61. The quantitative estimate of drug-likeness (QED) is 0.847. The zero-order valence-electron chi connectivity index (χ0n) is 15.9. The van der Waals surface area contributed by atoms with Crippen molar-refractivity contribution < 1.29 is 14.4 Å². The molecule has 1 N–H and O–H groups in total. The minimum absolute atomic E-state index is 0.207. The third kappa shape index (κ3) is 2.93. The van der Waals surface area contributed by atoms with Gasteiger partial charge in [-0.25, -0.2) is 0 Å². The first-order valence-corrected chi connectivity index (χ1v) is 9.05. The molecule has 4 rings (SSSR count). The molecule has 1 aliphatic heterocycles. The molecule has 2 aromatic rings. The SMILES string of the molecule is CN1C(=O)c2ccc(NC(=O)c3cc(C4CC4)n(C(C)(C)C)n3)cc2C1=O. The number of imide groups is 1. The van der Waals surface area contributed by atoms with E-state index >= 15 is 0 Å². The number of aromatic nitrogens is 2. The number of nitrogens with one attached hydrogen (secondary N) is 1. The number of rotatable bonds is 3. The van der Waals surface area contributed by atoms with Crippen LogP contribution in [0.5, 0.6) is 0 Å². The van der Waals surface area contributed by atoms with Crippen LogP contribution < -0.4 is 5.32 Å². The topological polar surface area (TPSA) is 84.3 Å². The van der Waals surface area contributed by atoms with E-state index in [1.165, 1.54) is 7.05 Å². The fraction of sp³-hybridized carbons (Fsp3) is 0.400. The first-order valence-electron chi connectivity index (χ1n) is 9.05. The summed E-state index contributed by atoms with van der Waals surface area (Å²) in [7, 11) is 1.45. The summed E-state index contributed by atoms with van der Waals surface area (Å²) in [5.74, 6) is -0.549. The summed E-state index contributed by atoms with van der Waals surface area (Å²) in [5.41, 5.74) is 2.36. The molecule has 7 nitrogen and oxygen atoms in total. The van der Waals surface area contributed by atoms with Gasteiger partial charge in [0.05, 0.1) is 16.7 Å². The lowest BCUT2D eigenvalue weighted by Gasteiger charge is -2.22. The zero-order valence-corrected chi connectivity index (χ0v) is 15.9. The smallest absolute Gasteiger partial charge is 0.276 e. The van der Waals surface area contributed by atoms with Gasteiger partial charge in [-0.05, 0) is 57.9 Å². The molecule has 2 heterocycles. The third-order valence-electron chi connectivity index (χ3n) is 4.95. The zero-order chi connectivity index (χ0) is 19.5. The van der Waals surface area contributed by atoms with Crippen LogP contribution >= 0.6 is 0 Å². The van der Waals surface area contributed by atoms with Crippen LogP contribution in [-0.2, 0) is 5.54 Å². The molecule has 3 amide bonds. The summed E-state index contributed by atoms with van der Waals surface area (Å²) in [6.07, 6.45) is 2.24. The van der Waals surface area contributed by atoms with Crippen LogP contribution in [0.2, 0.25) is 0 Å². The Kier molecular flexibility index (Phi) is 3.73. The van der Waals surface area contributed by atoms with Crippen molar-refractivity contribution in [3.8, 4) is 0 Å². The van der Waals surface area contributed by atoms with Crippen molar-refractivity contribution in [2.75, 3.05) is 12.4 Å². The van der Waals surface area contributed by atoms with E-state index in [0.29, 0.717) is 28.4 Å². The maximum Gasteiger partial charge on any atom is 0.276 e. The number of nitrogens with zero attached hydrogens (tertiary/aromatic N) is 3. The molecule has 1 aromatic heterocycles. The minimum Gasteiger partial charge on any atom is -0.321 e. The largest absolute Gasteiger partial charge is 0.321 e. The molecule has 0 spiro atoms. The van der Waals surface area contributed by atoms with Crippen molar-refractivity contribution in [3.63, 3.8) is 0 Å². The number of carbonyl (C=O) groups is 3. The fourth-order valence-corrected chi connectivity index (χ4v) is 3.35. The predicted octanol–water partition coefficient (Wildman–Crippen LogP) is 2.99. The van der Waals surface area contributed by atoms with Gasteiger partial charge in [-0.15, -0.1) is 0 Å². The van der Waals surface area contributed by atoms with Crippen molar-refractivity contribution in [2.45, 2.75) is 45.1 Å². The third-order valence-corrected chi connectivity index (χ3v) is 4.95. The molecule has 1 fully saturated rings. The second-order valence-electron chi connectivity index (χ2n) is 8.20. The van der Waals surface area contributed by atoms with Gasteiger partial charge in [-0.3, -0.25) is 24.0 Å². The van der Waals surface area contributed by atoms with Crippen LogP contribution in [0.15, 0.2) is 24.3 Å². The van der Waals surface area contributed by atoms with Crippen molar-refractivity contribution in [1.82, 2.24) is 14.7 Å². The number of carbonyl (C=O) groups excluding carboxylic acids is 3. The second kappa shape index (κ2) is 5.77. The van der Waals surface area contributed by atoms with Gasteiger partial charge in [-0.2, -0.15) is 5.10 Å². The van der Waals surface area contributed by atoms with E-state index < -0.39 is 0 Å². The van der Waals surface area contributed by atoms with Gasteiger partial charge in [0, 0.05) is 24.3 Å². The number of amides is 3. The molecular weight excluding hydrogens is 344 g/mol. The molecule has 1 saturated carbocycles. The average Bonchev–Trinajstić information content (AvgIpc) is 3.31. The van der Waals surface area contributed by atoms with Crippen LogP contribution in [-0.4, -0.2) is 39.4 Å². The molecule has 0 unspecified atom stereocenters. The maximum absolute atomic E-state index is 12.7. The summed E-state index contributed by atoms with van der Waals surface area (Å²) >= 11 is 0. The molecule has 27 heavy (non-hydrogen) atoms. The monoisotopic (exact) mass is 366 g/mol. The van der Waals surface area contributed by atoms with Gasteiger partial charge in [-0.1, -0.05) is 0 Å². The first kappa shape index (κ1) is 17.5. The number of fused-ring (bicyclic) bond motifs is 1. The van der Waals surface area contributed by atoms with E-state index in [9.17, 15) is 14.4 Å². The van der Waals surface area contributed by atoms with E-state index in [0.717, 1.165) is 23.4 Å². The van der Waals surface area contributed by atoms with Gasteiger partial charge < -0.3 is 5.32 Å². The Bertz CT molecular complexity index is 980. The lowest BCUT2D eigenvalue weighted by atomic mass is 10.1. The lowest BCUT2D eigenvalue weighted by Crippen LogP contribution is -2.25. The maximum atomic E-state index is 12.7. The van der Waals surface area contributed by atoms with Gasteiger partial charge >= 0.3 is 0 Å². The first-order chi connectivity index (χ1) is 12.7. The highest BCUT2D eigenvalue weighted by molar-refractivity contribution is 6.21. The van der Waals surface area contributed by atoms with Crippen LogP contribution in [0.4, 0.5) is 5.69 Å². The van der Waals surface area contributed by atoms with Crippen molar-refractivity contribution in [2.24, 2.45) is 0 Å². The average molecular weight is 366 g/mol. The lowest BCUT2D eigenvalue weighted by molar-refractivity contribution is 0.0692. The van der Waals surface area contributed by atoms with E-state index in [2.05, 4.69) is 31.2 Å². The van der Waals surface area contributed by atoms with Gasteiger partial charge in [0.1, 0.15) is 0 Å². The number of hydrogen-bond acceptors (Lipinski definition) is 4. The molecule has 0 radical (unpaired) electrons. The standard InChI is InChI=1S/C20H22N4O3/c1-20(2,3)24-16(11-5-6-11)10-15(22-24)17(25)21-12-7-8-13-14(9-12)19(27)23(4)18(13)26/h7-11H,5-6H2,1-4H3,(H,21,25). The van der Waals surface area contributed by atoms with Gasteiger partial charge in [0.15, 0.2) is 5.69 Å². The van der Waals surface area contributed by atoms with Gasteiger partial charge in [0.2, 0.25) is 0 Å². The fourth-order valence-electron chi connectivity index (χ4n) is 3.35. The highest BCUT2D eigenvalue weighted by atomic mass is 16.2. The van der Waals surface area contributed by atoms with Crippen LogP contribution in [0.1, 0.15) is 76.4 Å². The molecule has 7 heteroatoms. The molecule has 1 aromatic carbocycles. The summed E-state index contributed by atoms with van der Waals surface area (Å²) in [6.45, 7) is 6.19. The molecule has 2 aliphatic rings. The van der Waals surface area contributed by atoms with Crippen molar-refractivity contribution in [3.05, 3.63) is 46.8 Å². The van der Waals surface area contributed by atoms with E-state index in [1.54, 1.807) is 18.2 Å². The van der Waals surface area contributed by atoms with Gasteiger partial charge in [0.25, 0.3) is 17.7 Å². The summed E-state index contributed by atoms with van der Waals surface area (Å²) in [4.78, 5) is 37.9. The Morgan fingerprint density at radius 3 is 2.41 bits per heavy atom. The second-order valence-corrected chi connectivity index (χ2v) is 8.20. The Morgan fingerprint density at radius 2 is 1.78 bits per heavy atom. The number of anilines is 1. The van der Waals surface area contributed by atoms with E-state index in [-0.39, 0.29) is 23.3 Å². The predicted molar refractivity (Wildman–Crippen MR) is 100 cm³/mol. The molecule has 0 bridgehead atoms.